The molecule has 0 aromatic carbocycles. The Morgan fingerprint density at radius 3 is 1.72 bits per heavy atom. The van der Waals surface area contributed by atoms with Gasteiger partial charge in [-0.05, 0) is 77.0 Å². The van der Waals surface area contributed by atoms with Crippen LogP contribution in [0.5, 0.6) is 0 Å². The zero-order chi connectivity index (χ0) is 40.0. The third-order valence-electron chi connectivity index (χ3n) is 8.24. The van der Waals surface area contributed by atoms with Gasteiger partial charge in [0.05, 0.1) is 27.7 Å². The van der Waals surface area contributed by atoms with E-state index in [1.54, 1.807) is 0 Å². The van der Waals surface area contributed by atoms with Crippen LogP contribution in [0.2, 0.25) is 0 Å². The molecular formula is C44H76NO8P. The second-order valence-corrected chi connectivity index (χ2v) is 16.1. The highest BCUT2D eigenvalue weighted by molar-refractivity contribution is 7.45. The van der Waals surface area contributed by atoms with Crippen LogP contribution in [0.15, 0.2) is 72.9 Å². The summed E-state index contributed by atoms with van der Waals surface area (Å²) >= 11 is 0. The molecule has 0 aliphatic carbocycles. The molecule has 0 amide bonds. The lowest BCUT2D eigenvalue weighted by Gasteiger charge is -2.28. The molecule has 0 aromatic heterocycles. The molecule has 10 heteroatoms. The zero-order valence-corrected chi connectivity index (χ0v) is 35.5. The van der Waals surface area contributed by atoms with Gasteiger partial charge in [0.15, 0.2) is 6.10 Å². The molecule has 0 spiro atoms. The van der Waals surface area contributed by atoms with Crippen molar-refractivity contribution in [3.63, 3.8) is 0 Å². The topological polar surface area (TPSA) is 111 Å². The molecule has 0 radical (unpaired) electrons. The van der Waals surface area contributed by atoms with Crippen molar-refractivity contribution in [3.8, 4) is 0 Å². The Morgan fingerprint density at radius 2 is 1.11 bits per heavy atom. The maximum Gasteiger partial charge on any atom is 0.306 e. The first-order valence-electron chi connectivity index (χ1n) is 20.7. The number of rotatable bonds is 36. The van der Waals surface area contributed by atoms with Gasteiger partial charge in [-0.3, -0.25) is 14.2 Å². The van der Waals surface area contributed by atoms with Crippen LogP contribution in [-0.2, 0) is 32.7 Å². The molecule has 0 N–H and O–H groups in total. The molecule has 0 saturated heterocycles. The summed E-state index contributed by atoms with van der Waals surface area (Å²) in [6.07, 6.45) is 43.6. The Kier molecular flexibility index (Phi) is 34.4. The molecular weight excluding hydrogens is 701 g/mol. The number of phosphoric ester groups is 1. The highest BCUT2D eigenvalue weighted by Crippen LogP contribution is 2.38. The van der Waals surface area contributed by atoms with E-state index in [0.29, 0.717) is 23.9 Å². The fourth-order valence-corrected chi connectivity index (χ4v) is 5.72. The quantitative estimate of drug-likeness (QED) is 0.0154. The number of ether oxygens (including phenoxy) is 2. The van der Waals surface area contributed by atoms with Gasteiger partial charge in [0.25, 0.3) is 7.82 Å². The Hall–Kier alpha value is -2.55. The van der Waals surface area contributed by atoms with E-state index in [9.17, 15) is 19.0 Å². The number of likely N-dealkylation sites (N-methyl/N-ethyl adjacent to an activating group) is 1. The predicted octanol–water partition coefficient (Wildman–Crippen LogP) is 10.8. The van der Waals surface area contributed by atoms with E-state index in [1.807, 2.05) is 21.1 Å². The summed E-state index contributed by atoms with van der Waals surface area (Å²) in [6.45, 7) is 3.99. The van der Waals surface area contributed by atoms with E-state index < -0.39 is 32.5 Å². The Bertz CT molecular complexity index is 1150. The van der Waals surface area contributed by atoms with Crippen molar-refractivity contribution in [1.82, 2.24) is 0 Å². The van der Waals surface area contributed by atoms with Crippen LogP contribution in [0.3, 0.4) is 0 Å². The number of esters is 2. The van der Waals surface area contributed by atoms with Crippen molar-refractivity contribution >= 4 is 19.8 Å². The molecule has 0 fully saturated rings. The maximum absolute atomic E-state index is 12.6. The van der Waals surface area contributed by atoms with Crippen molar-refractivity contribution in [2.75, 3.05) is 47.5 Å². The number of phosphoric acid groups is 1. The molecule has 310 valence electrons. The summed E-state index contributed by atoms with van der Waals surface area (Å²) in [5, 5.41) is 0. The van der Waals surface area contributed by atoms with Crippen LogP contribution >= 0.6 is 7.82 Å². The summed E-state index contributed by atoms with van der Waals surface area (Å²) in [7, 11) is 1.12. The smallest absolute Gasteiger partial charge is 0.306 e. The highest BCUT2D eigenvalue weighted by atomic mass is 31.2. The molecule has 0 bridgehead atoms. The summed E-state index contributed by atoms with van der Waals surface area (Å²) in [5.41, 5.74) is 0. The molecule has 0 rings (SSSR count). The van der Waals surface area contributed by atoms with Crippen molar-refractivity contribution in [2.45, 2.75) is 148 Å². The average Bonchev–Trinajstić information content (AvgIpc) is 3.12. The van der Waals surface area contributed by atoms with Crippen LogP contribution in [0.4, 0.5) is 0 Å². The third kappa shape index (κ3) is 39.2. The lowest BCUT2D eigenvalue weighted by molar-refractivity contribution is -0.870. The first-order chi connectivity index (χ1) is 26.0. The SMILES string of the molecule is CC/C=C/C/C=C/C/C=C/C/C=C/CCCCC(=O)OC[C@H](COP(=O)([O-])OCC[N+](C)(C)C)OC(=O)CCCCCCC/C=C/C=C/CCCCCC. The number of allylic oxidation sites excluding steroid dienone is 12. The van der Waals surface area contributed by atoms with E-state index in [1.165, 1.54) is 25.7 Å². The van der Waals surface area contributed by atoms with E-state index in [-0.39, 0.29) is 26.1 Å². The van der Waals surface area contributed by atoms with Crippen LogP contribution in [-0.4, -0.2) is 70.0 Å². The largest absolute Gasteiger partial charge is 0.756 e. The minimum Gasteiger partial charge on any atom is -0.756 e. The molecule has 0 saturated carbocycles. The van der Waals surface area contributed by atoms with Gasteiger partial charge >= 0.3 is 11.9 Å². The number of carbonyl (C=O) groups is 2. The lowest BCUT2D eigenvalue weighted by atomic mass is 10.1. The molecule has 9 nitrogen and oxygen atoms in total. The van der Waals surface area contributed by atoms with Gasteiger partial charge in [0.2, 0.25) is 0 Å². The normalized spacial score (nSPS) is 14.4. The number of hydrogen-bond donors (Lipinski definition) is 0. The zero-order valence-electron chi connectivity index (χ0n) is 34.6. The average molecular weight is 778 g/mol. The monoisotopic (exact) mass is 778 g/mol. The molecule has 0 aliphatic heterocycles. The Morgan fingerprint density at radius 1 is 0.611 bits per heavy atom. The molecule has 54 heavy (non-hydrogen) atoms. The molecule has 2 atom stereocenters. The van der Waals surface area contributed by atoms with Crippen LogP contribution < -0.4 is 4.89 Å². The Balaban J connectivity index is 4.52. The number of hydrogen-bond acceptors (Lipinski definition) is 8. The van der Waals surface area contributed by atoms with Crippen molar-refractivity contribution in [2.24, 2.45) is 0 Å². The van der Waals surface area contributed by atoms with Crippen LogP contribution in [0, 0.1) is 0 Å². The maximum atomic E-state index is 12.6. The minimum absolute atomic E-state index is 0.0445. The number of carbonyl (C=O) groups excluding carboxylic acids is 2. The first kappa shape index (κ1) is 51.5. The first-order valence-corrected chi connectivity index (χ1v) is 22.1. The van der Waals surface area contributed by atoms with Crippen molar-refractivity contribution in [3.05, 3.63) is 72.9 Å². The molecule has 0 aromatic rings. The van der Waals surface area contributed by atoms with Gasteiger partial charge in [0, 0.05) is 12.8 Å². The minimum atomic E-state index is -4.64. The van der Waals surface area contributed by atoms with Gasteiger partial charge in [-0.15, -0.1) is 0 Å². The predicted molar refractivity (Wildman–Crippen MR) is 222 cm³/mol. The summed E-state index contributed by atoms with van der Waals surface area (Å²) in [6, 6.07) is 0. The van der Waals surface area contributed by atoms with Crippen molar-refractivity contribution in [1.29, 1.82) is 0 Å². The fourth-order valence-electron chi connectivity index (χ4n) is 4.99. The van der Waals surface area contributed by atoms with Gasteiger partial charge in [-0.2, -0.15) is 0 Å². The lowest BCUT2D eigenvalue weighted by Crippen LogP contribution is -2.37. The van der Waals surface area contributed by atoms with E-state index >= 15 is 0 Å². The Labute approximate surface area is 329 Å². The molecule has 0 heterocycles. The number of nitrogens with zero attached hydrogens (tertiary/aromatic N) is 1. The van der Waals surface area contributed by atoms with Gasteiger partial charge in [0.1, 0.15) is 19.8 Å². The van der Waals surface area contributed by atoms with E-state index in [0.717, 1.165) is 77.0 Å². The summed E-state index contributed by atoms with van der Waals surface area (Å²) in [4.78, 5) is 37.4. The standard InChI is InChI=1S/C44H76NO8P/c1-6-8-10-12-14-16-18-20-22-24-26-28-30-32-34-36-43(46)50-40-42(41-52-54(48,49)51-39-38-45(3,4)5)53-44(47)37-35-33-31-29-27-25-23-21-19-17-15-13-11-9-7-2/h8,10,14,16-17,19-23,26,28,42H,6-7,9,11-13,15,18,24-25,27,29-41H2,1-5H3/b10-8+,16-14+,19-17+,22-20+,23-21+,28-26+/t42-/m1/s1. The third-order valence-corrected chi connectivity index (χ3v) is 9.20. The molecule has 0 aliphatic rings. The van der Waals surface area contributed by atoms with Gasteiger partial charge in [-0.25, -0.2) is 0 Å². The second-order valence-electron chi connectivity index (χ2n) is 14.6. The fraction of sp³-hybridized carbons (Fsp3) is 0.682. The van der Waals surface area contributed by atoms with E-state index in [4.69, 9.17) is 18.5 Å². The summed E-state index contributed by atoms with van der Waals surface area (Å²) < 4.78 is 33.8. The van der Waals surface area contributed by atoms with Crippen LogP contribution in [0.1, 0.15) is 142 Å². The van der Waals surface area contributed by atoms with Gasteiger partial charge < -0.3 is 27.9 Å². The van der Waals surface area contributed by atoms with Crippen molar-refractivity contribution < 1.29 is 42.1 Å². The number of unbranched alkanes of at least 4 members (excludes halogenated alkanes) is 11. The summed E-state index contributed by atoms with van der Waals surface area (Å²) in [5.74, 6) is -0.910. The second kappa shape index (κ2) is 36.1. The number of quaternary nitrogens is 1. The van der Waals surface area contributed by atoms with Gasteiger partial charge in [-0.1, -0.05) is 125 Å². The highest BCUT2D eigenvalue weighted by Gasteiger charge is 2.21. The molecule has 1 unspecified atom stereocenters. The van der Waals surface area contributed by atoms with E-state index in [2.05, 4.69) is 86.8 Å². The van der Waals surface area contributed by atoms with Crippen LogP contribution in [0.25, 0.3) is 0 Å².